The quantitative estimate of drug-likeness (QED) is 0.649. The topological polar surface area (TPSA) is 106 Å². The second kappa shape index (κ2) is 10.1. The van der Waals surface area contributed by atoms with E-state index in [9.17, 15) is 14.7 Å². The lowest BCUT2D eigenvalue weighted by Gasteiger charge is -2.21. The molecule has 28 heavy (non-hydrogen) atoms. The van der Waals surface area contributed by atoms with Crippen LogP contribution in [0.25, 0.3) is 0 Å². The van der Waals surface area contributed by atoms with E-state index in [1.54, 1.807) is 49.6 Å². The van der Waals surface area contributed by atoms with Gasteiger partial charge in [-0.3, -0.25) is 4.79 Å². The highest BCUT2D eigenvalue weighted by atomic mass is 16.5. The van der Waals surface area contributed by atoms with Crippen LogP contribution in [-0.4, -0.2) is 39.8 Å². The van der Waals surface area contributed by atoms with Gasteiger partial charge in [0.2, 0.25) is 0 Å². The standard InChI is InChI=1S/C20H23NO7/c1-25-14-5-7-15(8-6-14)28-12-19(22)21-16(11-20(23)24)13-4-9-17(26-2)18(10-13)27-3/h4-10,16H,11-12H2,1-3H3,(H,21,22)(H,23,24)/p-1/t16-/m0/s1. The Labute approximate surface area is 163 Å². The van der Waals surface area contributed by atoms with Crippen LogP contribution >= 0.6 is 0 Å². The molecule has 0 aromatic heterocycles. The summed E-state index contributed by atoms with van der Waals surface area (Å²) in [7, 11) is 4.51. The molecular formula is C20H22NO7-. The number of ether oxygens (including phenoxy) is 4. The van der Waals surface area contributed by atoms with Crippen molar-refractivity contribution in [1.82, 2.24) is 5.32 Å². The van der Waals surface area contributed by atoms with Crippen LogP contribution in [0.1, 0.15) is 18.0 Å². The van der Waals surface area contributed by atoms with Gasteiger partial charge in [-0.2, -0.15) is 0 Å². The molecule has 0 unspecified atom stereocenters. The van der Waals surface area contributed by atoms with E-state index in [-0.39, 0.29) is 6.61 Å². The first-order chi connectivity index (χ1) is 13.5. The van der Waals surface area contributed by atoms with Crippen LogP contribution < -0.4 is 29.4 Å². The van der Waals surface area contributed by atoms with Gasteiger partial charge in [0.05, 0.1) is 27.4 Å². The molecule has 0 aliphatic heterocycles. The second-order valence-electron chi connectivity index (χ2n) is 5.77. The molecule has 0 radical (unpaired) electrons. The Hall–Kier alpha value is -3.42. The molecule has 0 heterocycles. The Morgan fingerprint density at radius 1 is 0.929 bits per heavy atom. The van der Waals surface area contributed by atoms with Gasteiger partial charge in [-0.25, -0.2) is 0 Å². The maximum absolute atomic E-state index is 12.3. The number of benzene rings is 2. The van der Waals surface area contributed by atoms with E-state index in [1.807, 2.05) is 0 Å². The molecule has 2 rings (SSSR count). The number of methoxy groups -OCH3 is 3. The van der Waals surface area contributed by atoms with Gasteiger partial charge in [-0.15, -0.1) is 0 Å². The summed E-state index contributed by atoms with van der Waals surface area (Å²) in [5.74, 6) is 0.297. The third-order valence-corrected chi connectivity index (χ3v) is 3.95. The highest BCUT2D eigenvalue weighted by molar-refractivity contribution is 5.79. The average molecular weight is 388 g/mol. The molecule has 1 atom stereocenters. The fraction of sp³-hybridized carbons (Fsp3) is 0.300. The number of carbonyl (C=O) groups excluding carboxylic acids is 2. The Balaban J connectivity index is 2.06. The Bertz CT molecular complexity index is 805. The van der Waals surface area contributed by atoms with Crippen LogP contribution in [0.2, 0.25) is 0 Å². The average Bonchev–Trinajstić information content (AvgIpc) is 2.71. The Kier molecular flexibility index (Phi) is 7.50. The van der Waals surface area contributed by atoms with Crippen LogP contribution in [0.4, 0.5) is 0 Å². The predicted molar refractivity (Wildman–Crippen MR) is 98.5 cm³/mol. The summed E-state index contributed by atoms with van der Waals surface area (Å²) in [4.78, 5) is 23.4. The fourth-order valence-corrected chi connectivity index (χ4v) is 2.55. The molecule has 8 nitrogen and oxygen atoms in total. The summed E-state index contributed by atoms with van der Waals surface area (Å²) >= 11 is 0. The van der Waals surface area contributed by atoms with Gasteiger partial charge >= 0.3 is 0 Å². The van der Waals surface area contributed by atoms with E-state index in [0.29, 0.717) is 28.6 Å². The molecular weight excluding hydrogens is 366 g/mol. The van der Waals surface area contributed by atoms with Crippen molar-refractivity contribution in [1.29, 1.82) is 0 Å². The molecule has 1 N–H and O–H groups in total. The number of nitrogens with one attached hydrogen (secondary N) is 1. The molecule has 0 spiro atoms. The summed E-state index contributed by atoms with van der Waals surface area (Å²) in [5.41, 5.74) is 0.541. The normalized spacial score (nSPS) is 11.2. The zero-order valence-electron chi connectivity index (χ0n) is 15.9. The van der Waals surface area contributed by atoms with Crippen molar-refractivity contribution >= 4 is 11.9 Å². The van der Waals surface area contributed by atoms with Gasteiger partial charge < -0.3 is 34.2 Å². The van der Waals surface area contributed by atoms with Gasteiger partial charge in [-0.05, 0) is 42.0 Å². The molecule has 0 saturated heterocycles. The molecule has 2 aromatic carbocycles. The Morgan fingerprint density at radius 2 is 1.57 bits per heavy atom. The molecule has 0 aliphatic rings. The highest BCUT2D eigenvalue weighted by Crippen LogP contribution is 2.30. The van der Waals surface area contributed by atoms with E-state index in [4.69, 9.17) is 18.9 Å². The number of aliphatic carboxylic acids is 1. The predicted octanol–water partition coefficient (Wildman–Crippen LogP) is 1.09. The van der Waals surface area contributed by atoms with Crippen LogP contribution in [0, 0.1) is 0 Å². The zero-order chi connectivity index (χ0) is 20.5. The van der Waals surface area contributed by atoms with Crippen molar-refractivity contribution in [2.45, 2.75) is 12.5 Å². The maximum Gasteiger partial charge on any atom is 0.258 e. The first-order valence-corrected chi connectivity index (χ1v) is 8.44. The van der Waals surface area contributed by atoms with Gasteiger partial charge in [0, 0.05) is 12.4 Å². The van der Waals surface area contributed by atoms with Crippen LogP contribution in [0.5, 0.6) is 23.0 Å². The number of rotatable bonds is 10. The van der Waals surface area contributed by atoms with Crippen LogP contribution in [-0.2, 0) is 9.59 Å². The SMILES string of the molecule is COc1ccc(OCC(=O)N[C@@H](CC(=O)[O-])c2ccc(OC)c(OC)c2)cc1. The van der Waals surface area contributed by atoms with Crippen molar-refractivity contribution < 1.29 is 33.6 Å². The summed E-state index contributed by atoms with van der Waals surface area (Å²) in [6.45, 7) is -0.275. The van der Waals surface area contributed by atoms with Gasteiger partial charge in [-0.1, -0.05) is 6.07 Å². The number of hydrogen-bond acceptors (Lipinski definition) is 7. The van der Waals surface area contributed by atoms with Crippen LogP contribution in [0.15, 0.2) is 42.5 Å². The third-order valence-electron chi connectivity index (χ3n) is 3.95. The van der Waals surface area contributed by atoms with Crippen molar-refractivity contribution in [2.24, 2.45) is 0 Å². The van der Waals surface area contributed by atoms with E-state index < -0.39 is 24.3 Å². The lowest BCUT2D eigenvalue weighted by molar-refractivity contribution is -0.306. The minimum absolute atomic E-state index is 0.275. The molecule has 2 aromatic rings. The first-order valence-electron chi connectivity index (χ1n) is 8.44. The number of hydrogen-bond donors (Lipinski definition) is 1. The molecule has 0 bridgehead atoms. The van der Waals surface area contributed by atoms with E-state index >= 15 is 0 Å². The second-order valence-corrected chi connectivity index (χ2v) is 5.77. The number of amides is 1. The van der Waals surface area contributed by atoms with E-state index in [0.717, 1.165) is 0 Å². The number of carboxylic acid groups (broad SMARTS) is 1. The smallest absolute Gasteiger partial charge is 0.258 e. The van der Waals surface area contributed by atoms with Gasteiger partial charge in [0.15, 0.2) is 18.1 Å². The lowest BCUT2D eigenvalue weighted by Crippen LogP contribution is -2.36. The van der Waals surface area contributed by atoms with Crippen molar-refractivity contribution in [3.8, 4) is 23.0 Å². The molecule has 0 aliphatic carbocycles. The minimum Gasteiger partial charge on any atom is -0.550 e. The van der Waals surface area contributed by atoms with Crippen molar-refractivity contribution in [2.75, 3.05) is 27.9 Å². The highest BCUT2D eigenvalue weighted by Gasteiger charge is 2.18. The van der Waals surface area contributed by atoms with Gasteiger partial charge in [0.25, 0.3) is 5.91 Å². The van der Waals surface area contributed by atoms with E-state index in [2.05, 4.69) is 5.32 Å². The third kappa shape index (κ3) is 5.80. The number of carbonyl (C=O) groups is 2. The number of carboxylic acids is 1. The first kappa shape index (κ1) is 20.9. The summed E-state index contributed by atoms with van der Waals surface area (Å²) in [6, 6.07) is 10.8. The molecule has 1 amide bonds. The van der Waals surface area contributed by atoms with Crippen LogP contribution in [0.3, 0.4) is 0 Å². The van der Waals surface area contributed by atoms with E-state index in [1.165, 1.54) is 14.2 Å². The largest absolute Gasteiger partial charge is 0.550 e. The minimum atomic E-state index is -1.30. The lowest BCUT2D eigenvalue weighted by atomic mass is 10.0. The summed E-state index contributed by atoms with van der Waals surface area (Å²) in [6.07, 6.45) is -0.399. The molecule has 0 saturated carbocycles. The maximum atomic E-state index is 12.3. The van der Waals surface area contributed by atoms with Crippen molar-refractivity contribution in [3.05, 3.63) is 48.0 Å². The molecule has 8 heteroatoms. The summed E-state index contributed by atoms with van der Waals surface area (Å²) < 4.78 is 20.9. The monoisotopic (exact) mass is 388 g/mol. The molecule has 150 valence electrons. The van der Waals surface area contributed by atoms with Gasteiger partial charge in [0.1, 0.15) is 11.5 Å². The van der Waals surface area contributed by atoms with Crippen molar-refractivity contribution in [3.63, 3.8) is 0 Å². The summed E-state index contributed by atoms with van der Waals surface area (Å²) in [5, 5.41) is 13.8. The Morgan fingerprint density at radius 3 is 2.14 bits per heavy atom. The molecule has 0 fully saturated rings. The fourth-order valence-electron chi connectivity index (χ4n) is 2.55. The zero-order valence-corrected chi connectivity index (χ0v) is 15.9.